The fourth-order valence-corrected chi connectivity index (χ4v) is 5.24. The molecule has 3 heterocycles. The van der Waals surface area contributed by atoms with E-state index in [1.54, 1.807) is 11.8 Å². The van der Waals surface area contributed by atoms with Crippen LogP contribution >= 0.6 is 11.8 Å². The lowest BCUT2D eigenvalue weighted by molar-refractivity contribution is 0.103. The predicted molar refractivity (Wildman–Crippen MR) is 131 cm³/mol. The van der Waals surface area contributed by atoms with Gasteiger partial charge in [-0.15, -0.1) is 10.2 Å². The highest BCUT2D eigenvalue weighted by Gasteiger charge is 2.19. The molecule has 2 aromatic heterocycles. The van der Waals surface area contributed by atoms with Gasteiger partial charge >= 0.3 is 0 Å². The monoisotopic (exact) mass is 457 g/mol. The third kappa shape index (κ3) is 4.79. The van der Waals surface area contributed by atoms with Crippen LogP contribution in [0.1, 0.15) is 39.3 Å². The quantitative estimate of drug-likeness (QED) is 0.237. The number of nitrogens with zero attached hydrogens (tertiary/aromatic N) is 4. The maximum Gasteiger partial charge on any atom is 0.196 e. The Kier molecular flexibility index (Phi) is 6.41. The Balaban J connectivity index is 1.17. The van der Waals surface area contributed by atoms with Gasteiger partial charge in [0.15, 0.2) is 10.9 Å². The number of benzene rings is 2. The molecule has 0 spiro atoms. The number of carbonyl (C=O) groups excluding carboxylic acids is 1. The van der Waals surface area contributed by atoms with Gasteiger partial charge in [-0.2, -0.15) is 0 Å². The number of nitrogens with one attached hydrogen (secondary N) is 1. The van der Waals surface area contributed by atoms with Crippen LogP contribution in [0, 0.1) is 6.92 Å². The molecule has 1 N–H and O–H groups in total. The van der Waals surface area contributed by atoms with Crippen LogP contribution < -0.4 is 0 Å². The number of thioether (sulfide) groups is 1. The van der Waals surface area contributed by atoms with Gasteiger partial charge in [0, 0.05) is 36.2 Å². The first-order valence-corrected chi connectivity index (χ1v) is 12.3. The highest BCUT2D eigenvalue weighted by molar-refractivity contribution is 7.99. The van der Waals surface area contributed by atoms with E-state index in [1.165, 1.54) is 11.1 Å². The van der Waals surface area contributed by atoms with E-state index in [1.807, 2.05) is 61.7 Å². The van der Waals surface area contributed by atoms with Crippen molar-refractivity contribution in [1.29, 1.82) is 0 Å². The Morgan fingerprint density at radius 1 is 1.03 bits per heavy atom. The first kappa shape index (κ1) is 21.7. The number of ketones is 1. The molecule has 6 nitrogen and oxygen atoms in total. The average molecular weight is 458 g/mol. The van der Waals surface area contributed by atoms with E-state index in [4.69, 9.17) is 0 Å². The Morgan fingerprint density at radius 3 is 2.73 bits per heavy atom. The van der Waals surface area contributed by atoms with E-state index >= 15 is 0 Å². The van der Waals surface area contributed by atoms with Crippen LogP contribution in [0.25, 0.3) is 5.82 Å². The van der Waals surface area contributed by atoms with E-state index in [2.05, 4.69) is 36.8 Å². The fraction of sp³-hybridized carbons (Fsp3) is 0.269. The summed E-state index contributed by atoms with van der Waals surface area (Å²) in [4.78, 5) is 18.6. The largest absolute Gasteiger partial charge is 0.348 e. The zero-order valence-electron chi connectivity index (χ0n) is 18.7. The van der Waals surface area contributed by atoms with Crippen molar-refractivity contribution in [3.8, 4) is 5.82 Å². The first-order chi connectivity index (χ1) is 16.2. The molecule has 33 heavy (non-hydrogen) atoms. The smallest absolute Gasteiger partial charge is 0.196 e. The second kappa shape index (κ2) is 9.77. The molecule has 5 rings (SSSR count). The molecule has 0 bridgehead atoms. The van der Waals surface area contributed by atoms with Crippen molar-refractivity contribution >= 4 is 17.5 Å². The summed E-state index contributed by atoms with van der Waals surface area (Å²) in [5.41, 5.74) is 4.15. The standard InChI is InChI=1S/C26H27N5OS/c1-19-28-29-26(31(19)24-9-5-13-27-24)33-16-6-14-30-15-12-20-10-11-22(17-23(20)18-30)25(32)21-7-3-2-4-8-21/h2-5,7-11,13,17,27H,6,12,14-16,18H2,1H3. The third-order valence-electron chi connectivity index (χ3n) is 6.06. The predicted octanol–water partition coefficient (Wildman–Crippen LogP) is 4.68. The summed E-state index contributed by atoms with van der Waals surface area (Å²) in [6.45, 7) is 4.95. The zero-order valence-corrected chi connectivity index (χ0v) is 19.5. The molecule has 1 aliphatic rings. The topological polar surface area (TPSA) is 66.8 Å². The molecule has 7 heteroatoms. The van der Waals surface area contributed by atoms with Gasteiger partial charge in [-0.1, -0.05) is 54.2 Å². The van der Waals surface area contributed by atoms with Gasteiger partial charge in [0.1, 0.15) is 11.6 Å². The molecule has 0 atom stereocenters. The van der Waals surface area contributed by atoms with Crippen molar-refractivity contribution in [1.82, 2.24) is 24.6 Å². The van der Waals surface area contributed by atoms with Crippen LogP contribution in [-0.2, 0) is 13.0 Å². The van der Waals surface area contributed by atoms with E-state index < -0.39 is 0 Å². The normalized spacial score (nSPS) is 13.7. The van der Waals surface area contributed by atoms with Crippen molar-refractivity contribution in [2.24, 2.45) is 0 Å². The second-order valence-corrected chi connectivity index (χ2v) is 9.39. The summed E-state index contributed by atoms with van der Waals surface area (Å²) in [6, 6.07) is 19.7. The Bertz CT molecular complexity index is 1230. The summed E-state index contributed by atoms with van der Waals surface area (Å²) >= 11 is 1.74. The molecule has 0 saturated heterocycles. The number of hydrogen-bond acceptors (Lipinski definition) is 5. The SMILES string of the molecule is Cc1nnc(SCCCN2CCc3ccc(C(=O)c4ccccc4)cc3C2)n1-c1ccc[nH]1. The minimum Gasteiger partial charge on any atom is -0.348 e. The summed E-state index contributed by atoms with van der Waals surface area (Å²) in [7, 11) is 0. The van der Waals surface area contributed by atoms with E-state index in [9.17, 15) is 4.79 Å². The van der Waals surface area contributed by atoms with Crippen molar-refractivity contribution < 1.29 is 4.79 Å². The average Bonchev–Trinajstić information content (AvgIpc) is 3.51. The summed E-state index contributed by atoms with van der Waals surface area (Å²) in [5, 5.41) is 9.51. The summed E-state index contributed by atoms with van der Waals surface area (Å²) in [6.07, 6.45) is 4.01. The highest BCUT2D eigenvalue weighted by Crippen LogP contribution is 2.24. The third-order valence-corrected chi connectivity index (χ3v) is 7.08. The minimum atomic E-state index is 0.0911. The molecule has 2 aromatic carbocycles. The molecule has 168 valence electrons. The van der Waals surface area contributed by atoms with Gasteiger partial charge in [0.05, 0.1) is 0 Å². The lowest BCUT2D eigenvalue weighted by Gasteiger charge is -2.29. The van der Waals surface area contributed by atoms with Gasteiger partial charge in [-0.25, -0.2) is 0 Å². The number of rotatable bonds is 8. The Labute approximate surface area is 198 Å². The molecule has 0 aliphatic carbocycles. The Morgan fingerprint density at radius 2 is 1.91 bits per heavy atom. The second-order valence-electron chi connectivity index (χ2n) is 8.33. The molecule has 0 unspecified atom stereocenters. The minimum absolute atomic E-state index is 0.0911. The van der Waals surface area contributed by atoms with Crippen LogP contribution in [0.5, 0.6) is 0 Å². The molecule has 0 saturated carbocycles. The fourth-order valence-electron chi connectivity index (χ4n) is 4.33. The number of hydrogen-bond donors (Lipinski definition) is 1. The number of aromatic nitrogens is 4. The molecule has 0 fully saturated rings. The van der Waals surface area contributed by atoms with E-state index in [0.29, 0.717) is 0 Å². The van der Waals surface area contributed by atoms with Crippen molar-refractivity contribution in [3.63, 3.8) is 0 Å². The van der Waals surface area contributed by atoms with E-state index in [-0.39, 0.29) is 5.78 Å². The van der Waals surface area contributed by atoms with Gasteiger partial charge in [-0.05, 0) is 55.6 Å². The highest BCUT2D eigenvalue weighted by atomic mass is 32.2. The lowest BCUT2D eigenvalue weighted by atomic mass is 9.94. The first-order valence-electron chi connectivity index (χ1n) is 11.3. The van der Waals surface area contributed by atoms with Gasteiger partial charge in [0.25, 0.3) is 0 Å². The summed E-state index contributed by atoms with van der Waals surface area (Å²) in [5.74, 6) is 2.95. The van der Waals surface area contributed by atoms with Crippen molar-refractivity contribution in [3.05, 3.63) is 94.9 Å². The summed E-state index contributed by atoms with van der Waals surface area (Å²) < 4.78 is 2.06. The van der Waals surface area contributed by atoms with Crippen molar-refractivity contribution in [2.75, 3.05) is 18.8 Å². The zero-order chi connectivity index (χ0) is 22.6. The number of carbonyl (C=O) groups is 1. The molecular weight excluding hydrogens is 430 g/mol. The molecule has 0 amide bonds. The molecule has 1 aliphatic heterocycles. The molecular formula is C26H27N5OS. The lowest BCUT2D eigenvalue weighted by Crippen LogP contribution is -2.31. The van der Waals surface area contributed by atoms with Gasteiger partial charge < -0.3 is 4.98 Å². The molecule has 0 radical (unpaired) electrons. The number of aryl methyl sites for hydroxylation is 1. The van der Waals surface area contributed by atoms with Gasteiger partial charge in [-0.3, -0.25) is 14.3 Å². The number of H-pyrrole nitrogens is 1. The van der Waals surface area contributed by atoms with E-state index in [0.717, 1.165) is 66.2 Å². The molecule has 4 aromatic rings. The van der Waals surface area contributed by atoms with Crippen molar-refractivity contribution in [2.45, 2.75) is 31.5 Å². The van der Waals surface area contributed by atoms with Crippen LogP contribution in [0.2, 0.25) is 0 Å². The van der Waals surface area contributed by atoms with Crippen LogP contribution in [0.15, 0.2) is 72.0 Å². The number of fused-ring (bicyclic) bond motifs is 1. The maximum absolute atomic E-state index is 12.8. The Hall–Kier alpha value is -3.16. The maximum atomic E-state index is 12.8. The number of aromatic amines is 1. The van der Waals surface area contributed by atoms with Crippen LogP contribution in [-0.4, -0.2) is 49.3 Å². The van der Waals surface area contributed by atoms with Crippen LogP contribution in [0.4, 0.5) is 0 Å². The van der Waals surface area contributed by atoms with Crippen LogP contribution in [0.3, 0.4) is 0 Å². The van der Waals surface area contributed by atoms with Gasteiger partial charge in [0.2, 0.25) is 0 Å².